The first-order chi connectivity index (χ1) is 7.89. The van der Waals surface area contributed by atoms with Crippen LogP contribution in [0.15, 0.2) is 4.99 Å². The Morgan fingerprint density at radius 1 is 1.39 bits per heavy atom. The Morgan fingerprint density at radius 2 is 1.94 bits per heavy atom. The molecule has 2 aliphatic carbocycles. The highest BCUT2D eigenvalue weighted by atomic mass is 127. The van der Waals surface area contributed by atoms with E-state index in [1.54, 1.807) is 7.11 Å². The van der Waals surface area contributed by atoms with Crippen LogP contribution in [0.4, 0.5) is 0 Å². The van der Waals surface area contributed by atoms with Crippen molar-refractivity contribution in [3.63, 3.8) is 0 Å². The van der Waals surface area contributed by atoms with Crippen LogP contribution in [-0.4, -0.2) is 43.2 Å². The highest BCUT2D eigenvalue weighted by molar-refractivity contribution is 14.0. The highest BCUT2D eigenvalue weighted by Crippen LogP contribution is 2.49. The smallest absolute Gasteiger partial charge is 0.191 e. The summed E-state index contributed by atoms with van der Waals surface area (Å²) in [6.07, 6.45) is 2.78. The second-order valence-corrected chi connectivity index (χ2v) is 6.11. The zero-order chi connectivity index (χ0) is 12.8. The van der Waals surface area contributed by atoms with Crippen LogP contribution in [0.25, 0.3) is 0 Å². The summed E-state index contributed by atoms with van der Waals surface area (Å²) in [5.41, 5.74) is 6.16. The van der Waals surface area contributed by atoms with Gasteiger partial charge in [-0.2, -0.15) is 0 Å². The van der Waals surface area contributed by atoms with E-state index in [2.05, 4.69) is 25.7 Å². The van der Waals surface area contributed by atoms with E-state index in [4.69, 9.17) is 15.5 Å². The van der Waals surface area contributed by atoms with E-state index < -0.39 is 0 Å². The number of halogens is 1. The van der Waals surface area contributed by atoms with Crippen LogP contribution in [0.3, 0.4) is 0 Å². The third-order valence-corrected chi connectivity index (χ3v) is 4.45. The largest absolute Gasteiger partial charge is 0.380 e. The Labute approximate surface area is 127 Å². The zero-order valence-corrected chi connectivity index (χ0v) is 14.3. The highest BCUT2D eigenvalue weighted by Gasteiger charge is 2.55. The molecule has 2 N–H and O–H groups in total. The Balaban J connectivity index is 0.00000162. The molecule has 0 aromatic rings. The van der Waals surface area contributed by atoms with Crippen molar-refractivity contribution in [1.82, 2.24) is 4.90 Å². The first-order valence-corrected chi connectivity index (χ1v) is 6.48. The minimum absolute atomic E-state index is 0. The summed E-state index contributed by atoms with van der Waals surface area (Å²) in [6.45, 7) is 6.61. The Hall–Kier alpha value is -0.0400. The first kappa shape index (κ1) is 16.0. The standard InChI is InChI=1S/C13H25N3O.HI/c1-8-10(13(2,3)11(8)17-5)15-12(14)16(4)9-6-7-9;/h8-11H,6-7H2,1-5H3,(H2,14,15);1H. The van der Waals surface area contributed by atoms with Gasteiger partial charge in [0.05, 0.1) is 12.1 Å². The number of ether oxygens (including phenoxy) is 1. The molecule has 0 aromatic heterocycles. The summed E-state index contributed by atoms with van der Waals surface area (Å²) >= 11 is 0. The van der Waals surface area contributed by atoms with Crippen LogP contribution in [0.2, 0.25) is 0 Å². The lowest BCUT2D eigenvalue weighted by atomic mass is 9.58. The van der Waals surface area contributed by atoms with Crippen molar-refractivity contribution < 1.29 is 4.74 Å². The molecule has 0 bridgehead atoms. The van der Waals surface area contributed by atoms with Gasteiger partial charge in [0.15, 0.2) is 5.96 Å². The minimum Gasteiger partial charge on any atom is -0.380 e. The second kappa shape index (κ2) is 5.53. The molecule has 0 aromatic carbocycles. The molecular formula is C13H26IN3O. The van der Waals surface area contributed by atoms with Crippen LogP contribution >= 0.6 is 24.0 Å². The molecule has 2 saturated carbocycles. The lowest BCUT2D eigenvalue weighted by Gasteiger charge is -2.54. The van der Waals surface area contributed by atoms with E-state index in [9.17, 15) is 0 Å². The third kappa shape index (κ3) is 2.61. The molecule has 0 spiro atoms. The summed E-state index contributed by atoms with van der Waals surface area (Å²) in [4.78, 5) is 6.83. The van der Waals surface area contributed by atoms with Crippen LogP contribution in [0.1, 0.15) is 33.6 Å². The number of nitrogens with two attached hydrogens (primary N) is 1. The Kier molecular flexibility index (Phi) is 4.92. The second-order valence-electron chi connectivity index (χ2n) is 6.11. The van der Waals surface area contributed by atoms with Crippen LogP contribution < -0.4 is 5.73 Å². The quantitative estimate of drug-likeness (QED) is 0.472. The zero-order valence-electron chi connectivity index (χ0n) is 12.0. The number of rotatable bonds is 3. The molecule has 2 aliphatic rings. The van der Waals surface area contributed by atoms with Gasteiger partial charge in [-0.05, 0) is 12.8 Å². The summed E-state index contributed by atoms with van der Waals surface area (Å²) in [5.74, 6) is 1.13. The molecule has 18 heavy (non-hydrogen) atoms. The molecule has 0 heterocycles. The molecule has 2 fully saturated rings. The molecule has 4 nitrogen and oxygen atoms in total. The number of nitrogens with zero attached hydrogens (tertiary/aromatic N) is 2. The fourth-order valence-corrected chi connectivity index (χ4v) is 3.26. The third-order valence-electron chi connectivity index (χ3n) is 4.45. The van der Waals surface area contributed by atoms with Crippen LogP contribution in [0.5, 0.6) is 0 Å². The number of aliphatic imine (C=N–C) groups is 1. The fraction of sp³-hybridized carbons (Fsp3) is 0.923. The maximum atomic E-state index is 6.07. The minimum atomic E-state index is 0. The topological polar surface area (TPSA) is 50.9 Å². The molecule has 106 valence electrons. The fourth-order valence-electron chi connectivity index (χ4n) is 3.26. The van der Waals surface area contributed by atoms with Crippen molar-refractivity contribution in [2.45, 2.75) is 51.8 Å². The van der Waals surface area contributed by atoms with Gasteiger partial charge < -0.3 is 15.4 Å². The maximum Gasteiger partial charge on any atom is 0.191 e. The van der Waals surface area contributed by atoms with Gasteiger partial charge in [-0.15, -0.1) is 24.0 Å². The predicted octanol–water partition coefficient (Wildman–Crippen LogP) is 2.07. The monoisotopic (exact) mass is 367 g/mol. The van der Waals surface area contributed by atoms with E-state index in [0.717, 1.165) is 0 Å². The van der Waals surface area contributed by atoms with Gasteiger partial charge in [0.1, 0.15) is 0 Å². The van der Waals surface area contributed by atoms with Crippen molar-refractivity contribution in [1.29, 1.82) is 0 Å². The van der Waals surface area contributed by atoms with E-state index >= 15 is 0 Å². The summed E-state index contributed by atoms with van der Waals surface area (Å²) in [5, 5.41) is 0. The Bertz CT molecular complexity index is 328. The molecule has 0 aliphatic heterocycles. The van der Waals surface area contributed by atoms with Crippen molar-refractivity contribution in [3.8, 4) is 0 Å². The Morgan fingerprint density at radius 3 is 2.33 bits per heavy atom. The van der Waals surface area contributed by atoms with Gasteiger partial charge in [0, 0.05) is 31.5 Å². The predicted molar refractivity (Wildman–Crippen MR) is 85.4 cm³/mol. The molecule has 0 radical (unpaired) electrons. The maximum absolute atomic E-state index is 6.07. The van der Waals surface area contributed by atoms with Crippen molar-refractivity contribution >= 4 is 29.9 Å². The number of hydrogen-bond acceptors (Lipinski definition) is 2. The van der Waals surface area contributed by atoms with E-state index in [-0.39, 0.29) is 41.5 Å². The van der Waals surface area contributed by atoms with Crippen molar-refractivity contribution in [3.05, 3.63) is 0 Å². The molecule has 5 heteroatoms. The molecule has 0 amide bonds. The molecule has 3 unspecified atom stereocenters. The summed E-state index contributed by atoms with van der Waals surface area (Å²) in [6, 6.07) is 0.893. The van der Waals surface area contributed by atoms with Gasteiger partial charge >= 0.3 is 0 Å². The molecular weight excluding hydrogens is 341 g/mol. The summed E-state index contributed by atoms with van der Waals surface area (Å²) in [7, 11) is 3.82. The average Bonchev–Trinajstić information content (AvgIpc) is 3.08. The molecule has 2 rings (SSSR count). The average molecular weight is 367 g/mol. The molecule has 0 saturated heterocycles. The van der Waals surface area contributed by atoms with Gasteiger partial charge in [-0.25, -0.2) is 4.99 Å². The lowest BCUT2D eigenvalue weighted by molar-refractivity contribution is -0.132. The number of methoxy groups -OCH3 is 1. The lowest BCUT2D eigenvalue weighted by Crippen LogP contribution is -2.61. The number of hydrogen-bond donors (Lipinski definition) is 1. The van der Waals surface area contributed by atoms with Crippen LogP contribution in [0, 0.1) is 11.3 Å². The van der Waals surface area contributed by atoms with Crippen molar-refractivity contribution in [2.75, 3.05) is 14.2 Å². The van der Waals surface area contributed by atoms with E-state index in [0.29, 0.717) is 17.9 Å². The van der Waals surface area contributed by atoms with E-state index in [1.165, 1.54) is 12.8 Å². The van der Waals surface area contributed by atoms with Gasteiger partial charge in [-0.3, -0.25) is 0 Å². The van der Waals surface area contributed by atoms with Gasteiger partial charge in [0.25, 0.3) is 0 Å². The number of guanidine groups is 1. The molecule has 3 atom stereocenters. The van der Waals surface area contributed by atoms with Crippen LogP contribution in [-0.2, 0) is 4.74 Å². The SMILES string of the molecule is COC1C(C)C(N=C(N)N(C)C2CC2)C1(C)C.I. The normalized spacial score (nSPS) is 34.5. The first-order valence-electron chi connectivity index (χ1n) is 6.48. The van der Waals surface area contributed by atoms with Crippen molar-refractivity contribution in [2.24, 2.45) is 22.1 Å². The van der Waals surface area contributed by atoms with E-state index in [1.807, 2.05) is 7.05 Å². The van der Waals surface area contributed by atoms with Gasteiger partial charge in [-0.1, -0.05) is 20.8 Å². The van der Waals surface area contributed by atoms with Gasteiger partial charge in [0.2, 0.25) is 0 Å². The summed E-state index contributed by atoms with van der Waals surface area (Å²) < 4.78 is 5.52.